The minimum absolute atomic E-state index is 0.211. The molecule has 0 unspecified atom stereocenters. The van der Waals surface area contributed by atoms with Gasteiger partial charge in [0.05, 0.1) is 12.1 Å². The molecule has 2 atom stereocenters. The predicted octanol–water partition coefficient (Wildman–Crippen LogP) is 3.48. The molecule has 0 N–H and O–H groups in total. The van der Waals surface area contributed by atoms with E-state index in [9.17, 15) is 4.79 Å². The van der Waals surface area contributed by atoms with Gasteiger partial charge in [-0.05, 0) is 25.0 Å². The Morgan fingerprint density at radius 2 is 1.59 bits per heavy atom. The summed E-state index contributed by atoms with van der Waals surface area (Å²) >= 11 is 0. The van der Waals surface area contributed by atoms with Crippen molar-refractivity contribution in [2.24, 2.45) is 0 Å². The van der Waals surface area contributed by atoms with Gasteiger partial charge in [-0.1, -0.05) is 44.9 Å². The molecule has 1 aromatic carbocycles. The highest BCUT2D eigenvalue weighted by molar-refractivity contribution is 5.96. The SMILES string of the molecule is CCC[C@@H]1[C@H](CCC)N1C(=O)c1ccccc1. The Morgan fingerprint density at radius 3 is 2.06 bits per heavy atom. The molecule has 1 heterocycles. The topological polar surface area (TPSA) is 20.1 Å². The molecule has 1 saturated heterocycles. The molecule has 1 fully saturated rings. The van der Waals surface area contributed by atoms with Crippen LogP contribution < -0.4 is 0 Å². The molecule has 0 bridgehead atoms. The van der Waals surface area contributed by atoms with E-state index in [-0.39, 0.29) is 5.91 Å². The lowest BCUT2D eigenvalue weighted by molar-refractivity contribution is 0.0862. The van der Waals surface area contributed by atoms with Crippen LogP contribution in [0.2, 0.25) is 0 Å². The smallest absolute Gasteiger partial charge is 0.254 e. The van der Waals surface area contributed by atoms with Gasteiger partial charge < -0.3 is 4.90 Å². The molecule has 2 nitrogen and oxygen atoms in total. The van der Waals surface area contributed by atoms with Crippen molar-refractivity contribution in [1.29, 1.82) is 0 Å². The van der Waals surface area contributed by atoms with Crippen LogP contribution in [-0.4, -0.2) is 22.9 Å². The average Bonchev–Trinajstić information content (AvgIpc) is 3.03. The van der Waals surface area contributed by atoms with E-state index in [1.165, 1.54) is 0 Å². The summed E-state index contributed by atoms with van der Waals surface area (Å²) in [6.07, 6.45) is 4.60. The number of benzene rings is 1. The van der Waals surface area contributed by atoms with E-state index in [1.807, 2.05) is 30.3 Å². The van der Waals surface area contributed by atoms with Crippen molar-refractivity contribution in [3.63, 3.8) is 0 Å². The number of carbonyl (C=O) groups excluding carboxylic acids is 1. The van der Waals surface area contributed by atoms with Gasteiger partial charge in [-0.15, -0.1) is 0 Å². The molecule has 17 heavy (non-hydrogen) atoms. The molecule has 92 valence electrons. The van der Waals surface area contributed by atoms with Crippen LogP contribution in [0.25, 0.3) is 0 Å². The van der Waals surface area contributed by atoms with Gasteiger partial charge >= 0.3 is 0 Å². The highest BCUT2D eigenvalue weighted by Gasteiger charge is 2.48. The molecule has 1 amide bonds. The monoisotopic (exact) mass is 231 g/mol. The van der Waals surface area contributed by atoms with Gasteiger partial charge in [0.15, 0.2) is 0 Å². The first-order valence-corrected chi connectivity index (χ1v) is 6.67. The fourth-order valence-electron chi connectivity index (χ4n) is 2.62. The van der Waals surface area contributed by atoms with Crippen molar-refractivity contribution in [3.8, 4) is 0 Å². The highest BCUT2D eigenvalue weighted by Crippen LogP contribution is 2.36. The number of hydrogen-bond donors (Lipinski definition) is 0. The van der Waals surface area contributed by atoms with Crippen LogP contribution in [0.1, 0.15) is 49.9 Å². The normalized spacial score (nSPS) is 22.6. The van der Waals surface area contributed by atoms with E-state index in [0.717, 1.165) is 31.2 Å². The Hall–Kier alpha value is -1.31. The van der Waals surface area contributed by atoms with Gasteiger partial charge in [0.1, 0.15) is 0 Å². The second kappa shape index (κ2) is 5.35. The molecular weight excluding hydrogens is 210 g/mol. The molecule has 1 aromatic rings. The fourth-order valence-corrected chi connectivity index (χ4v) is 2.62. The molecule has 2 heteroatoms. The van der Waals surface area contributed by atoms with Crippen LogP contribution in [0.5, 0.6) is 0 Å². The second-order valence-electron chi connectivity index (χ2n) is 4.79. The molecule has 0 radical (unpaired) electrons. The lowest BCUT2D eigenvalue weighted by Gasteiger charge is -2.04. The molecule has 1 aliphatic heterocycles. The second-order valence-corrected chi connectivity index (χ2v) is 4.79. The molecule has 0 saturated carbocycles. The Labute approximate surface area is 104 Å². The quantitative estimate of drug-likeness (QED) is 0.710. The summed E-state index contributed by atoms with van der Waals surface area (Å²) in [7, 11) is 0. The van der Waals surface area contributed by atoms with Gasteiger partial charge in [0, 0.05) is 5.56 Å². The van der Waals surface area contributed by atoms with E-state index >= 15 is 0 Å². The third kappa shape index (κ3) is 2.51. The molecule has 0 aliphatic carbocycles. The third-order valence-electron chi connectivity index (χ3n) is 3.49. The highest BCUT2D eigenvalue weighted by atomic mass is 16.2. The zero-order chi connectivity index (χ0) is 12.3. The molecule has 2 rings (SSSR count). The molecule has 0 aromatic heterocycles. The summed E-state index contributed by atoms with van der Waals surface area (Å²) in [5.74, 6) is 0.211. The van der Waals surface area contributed by atoms with E-state index in [1.54, 1.807) is 0 Å². The lowest BCUT2D eigenvalue weighted by atomic mass is 10.1. The fraction of sp³-hybridized carbons (Fsp3) is 0.533. The standard InChI is InChI=1S/C15H21NO/c1-3-8-13-14(9-4-2)16(13)15(17)12-10-6-5-7-11-12/h5-7,10-11,13-14H,3-4,8-9H2,1-2H3/t13-,14+,16?. The Bertz CT molecular complexity index is 362. The Morgan fingerprint density at radius 1 is 1.06 bits per heavy atom. The minimum Gasteiger partial charge on any atom is -0.329 e. The van der Waals surface area contributed by atoms with E-state index in [0.29, 0.717) is 12.1 Å². The predicted molar refractivity (Wildman–Crippen MR) is 70.0 cm³/mol. The zero-order valence-corrected chi connectivity index (χ0v) is 10.7. The van der Waals surface area contributed by atoms with Crippen molar-refractivity contribution in [1.82, 2.24) is 4.90 Å². The number of carbonyl (C=O) groups is 1. The first kappa shape index (κ1) is 12.2. The van der Waals surface area contributed by atoms with Crippen LogP contribution in [-0.2, 0) is 0 Å². The molecule has 1 aliphatic rings. The molecule has 0 spiro atoms. The largest absolute Gasteiger partial charge is 0.329 e. The number of hydrogen-bond acceptors (Lipinski definition) is 1. The summed E-state index contributed by atoms with van der Waals surface area (Å²) in [5, 5.41) is 0. The first-order valence-electron chi connectivity index (χ1n) is 6.67. The van der Waals surface area contributed by atoms with Gasteiger partial charge in [-0.2, -0.15) is 0 Å². The van der Waals surface area contributed by atoms with E-state index < -0.39 is 0 Å². The summed E-state index contributed by atoms with van der Waals surface area (Å²) in [6, 6.07) is 10.6. The maximum atomic E-state index is 12.3. The van der Waals surface area contributed by atoms with Crippen molar-refractivity contribution in [2.75, 3.05) is 0 Å². The average molecular weight is 231 g/mol. The van der Waals surface area contributed by atoms with Crippen LogP contribution in [0.4, 0.5) is 0 Å². The summed E-state index contributed by atoms with van der Waals surface area (Å²) in [4.78, 5) is 14.4. The first-order chi connectivity index (χ1) is 8.29. The number of amides is 1. The Balaban J connectivity index is 2.05. The van der Waals surface area contributed by atoms with Crippen molar-refractivity contribution in [3.05, 3.63) is 35.9 Å². The van der Waals surface area contributed by atoms with E-state index in [2.05, 4.69) is 18.7 Å². The van der Waals surface area contributed by atoms with Gasteiger partial charge in [0.25, 0.3) is 5.91 Å². The minimum atomic E-state index is 0.211. The summed E-state index contributed by atoms with van der Waals surface area (Å²) in [6.45, 7) is 4.37. The number of rotatable bonds is 5. The van der Waals surface area contributed by atoms with Crippen LogP contribution in [0.3, 0.4) is 0 Å². The van der Waals surface area contributed by atoms with Crippen LogP contribution >= 0.6 is 0 Å². The number of nitrogens with zero attached hydrogens (tertiary/aromatic N) is 1. The van der Waals surface area contributed by atoms with Crippen molar-refractivity contribution in [2.45, 2.75) is 51.6 Å². The summed E-state index contributed by atoms with van der Waals surface area (Å²) in [5.41, 5.74) is 0.826. The Kier molecular flexibility index (Phi) is 3.82. The van der Waals surface area contributed by atoms with Crippen molar-refractivity contribution >= 4 is 5.91 Å². The lowest BCUT2D eigenvalue weighted by Crippen LogP contribution is -2.15. The van der Waals surface area contributed by atoms with Gasteiger partial charge in [-0.3, -0.25) is 4.79 Å². The van der Waals surface area contributed by atoms with Crippen molar-refractivity contribution < 1.29 is 4.79 Å². The maximum absolute atomic E-state index is 12.3. The van der Waals surface area contributed by atoms with Crippen LogP contribution in [0, 0.1) is 0 Å². The third-order valence-corrected chi connectivity index (χ3v) is 3.49. The molecular formula is C15H21NO. The van der Waals surface area contributed by atoms with Gasteiger partial charge in [-0.25, -0.2) is 0 Å². The maximum Gasteiger partial charge on any atom is 0.254 e. The van der Waals surface area contributed by atoms with E-state index in [4.69, 9.17) is 0 Å². The van der Waals surface area contributed by atoms with Gasteiger partial charge in [0.2, 0.25) is 0 Å². The summed E-state index contributed by atoms with van der Waals surface area (Å²) < 4.78 is 0. The van der Waals surface area contributed by atoms with Crippen LogP contribution in [0.15, 0.2) is 30.3 Å². The zero-order valence-electron chi connectivity index (χ0n) is 10.7.